The molecule has 8 aromatic rings. The van der Waals surface area contributed by atoms with Gasteiger partial charge < -0.3 is 0 Å². The molecule has 0 saturated heterocycles. The van der Waals surface area contributed by atoms with Gasteiger partial charge >= 0.3 is 0 Å². The SMILES string of the molecule is CC1(C)c2ccccc2-c2cccc(-c3cccc4c3C3(c5ccccc5-c5ccccc53)c3ccccc3C43c4ccccc4-c4ccccc43)c21. The largest absolute Gasteiger partial charge is 0.0725 e. The zero-order valence-corrected chi connectivity index (χ0v) is 29.8. The summed E-state index contributed by atoms with van der Waals surface area (Å²) in [4.78, 5) is 0. The number of rotatable bonds is 1. The molecule has 0 nitrogen and oxygen atoms in total. The van der Waals surface area contributed by atoms with E-state index in [1.165, 1.54) is 100 Å². The van der Waals surface area contributed by atoms with Crippen LogP contribution in [0.25, 0.3) is 44.5 Å². The molecule has 0 heterocycles. The van der Waals surface area contributed by atoms with E-state index in [0.29, 0.717) is 0 Å². The summed E-state index contributed by atoms with van der Waals surface area (Å²) in [5.74, 6) is 0. The molecule has 0 aromatic heterocycles. The van der Waals surface area contributed by atoms with E-state index in [1.807, 2.05) is 0 Å². The molecular formula is C53H36. The van der Waals surface area contributed by atoms with Crippen molar-refractivity contribution >= 4 is 0 Å². The first-order valence-electron chi connectivity index (χ1n) is 19.0. The highest BCUT2D eigenvalue weighted by atomic mass is 14.6. The summed E-state index contributed by atoms with van der Waals surface area (Å²) < 4.78 is 0. The highest BCUT2D eigenvalue weighted by Gasteiger charge is 2.59. The Bertz CT molecular complexity index is 2790. The van der Waals surface area contributed by atoms with Crippen LogP contribution in [0.1, 0.15) is 69.5 Å². The fourth-order valence-electron chi connectivity index (χ4n) is 11.6. The number of hydrogen-bond acceptors (Lipinski definition) is 0. The van der Waals surface area contributed by atoms with Gasteiger partial charge in [0.25, 0.3) is 0 Å². The summed E-state index contributed by atoms with van der Waals surface area (Å²) in [6.45, 7) is 4.85. The van der Waals surface area contributed by atoms with Gasteiger partial charge in [-0.1, -0.05) is 196 Å². The average Bonchev–Trinajstić information content (AvgIpc) is 3.77. The van der Waals surface area contributed by atoms with Gasteiger partial charge in [0, 0.05) is 5.41 Å². The molecule has 0 amide bonds. The second-order valence-electron chi connectivity index (χ2n) is 15.9. The third-order valence-electron chi connectivity index (χ3n) is 13.4. The van der Waals surface area contributed by atoms with Crippen LogP contribution in [0.2, 0.25) is 0 Å². The topological polar surface area (TPSA) is 0 Å². The molecule has 8 aromatic carbocycles. The van der Waals surface area contributed by atoms with Crippen LogP contribution in [0.5, 0.6) is 0 Å². The number of fused-ring (bicyclic) bond motifs is 19. The lowest BCUT2D eigenvalue weighted by atomic mass is 9.51. The quantitative estimate of drug-likeness (QED) is 0.163. The van der Waals surface area contributed by atoms with Crippen molar-refractivity contribution in [1.82, 2.24) is 0 Å². The van der Waals surface area contributed by atoms with Crippen LogP contribution >= 0.6 is 0 Å². The first kappa shape index (κ1) is 29.3. The minimum Gasteiger partial charge on any atom is -0.0619 e. The van der Waals surface area contributed by atoms with Crippen LogP contribution < -0.4 is 0 Å². The summed E-state index contributed by atoms with van der Waals surface area (Å²) in [5, 5.41) is 0. The van der Waals surface area contributed by atoms with Gasteiger partial charge in [-0.3, -0.25) is 0 Å². The van der Waals surface area contributed by atoms with E-state index in [1.54, 1.807) is 0 Å². The Morgan fingerprint density at radius 1 is 0.226 bits per heavy atom. The van der Waals surface area contributed by atoms with E-state index in [2.05, 4.69) is 196 Å². The first-order chi connectivity index (χ1) is 26.1. The Labute approximate surface area is 311 Å². The molecule has 0 N–H and O–H groups in total. The standard InChI is InChI=1S/C53H36/c1-51(2)41-25-8-3-21-37(41)38-22-15-23-39(49(38)51)40-24-16-32-48-50(40)53(44-28-11-6-19-35(44)36-20-7-12-29-45(36)53)47-31-14-13-30-46(47)52(48)42-26-9-4-17-33(42)34-18-5-10-27-43(34)52/h3-32H,1-2H3. The summed E-state index contributed by atoms with van der Waals surface area (Å²) in [6.07, 6.45) is 0. The van der Waals surface area contributed by atoms with Gasteiger partial charge in [-0.25, -0.2) is 0 Å². The lowest BCUT2D eigenvalue weighted by molar-refractivity contribution is 0.633. The van der Waals surface area contributed by atoms with Crippen molar-refractivity contribution in [2.45, 2.75) is 30.1 Å². The summed E-state index contributed by atoms with van der Waals surface area (Å²) >= 11 is 0. The number of benzene rings is 8. The molecule has 0 saturated carbocycles. The maximum Gasteiger partial charge on any atom is 0.0725 e. The average molecular weight is 673 g/mol. The van der Waals surface area contributed by atoms with Crippen molar-refractivity contribution in [2.24, 2.45) is 0 Å². The predicted octanol–water partition coefficient (Wildman–Crippen LogP) is 12.7. The number of hydrogen-bond donors (Lipinski definition) is 0. The highest BCUT2D eigenvalue weighted by molar-refractivity contribution is 5.98. The van der Waals surface area contributed by atoms with Crippen LogP contribution in [0.15, 0.2) is 182 Å². The molecule has 0 fully saturated rings. The van der Waals surface area contributed by atoms with Crippen molar-refractivity contribution in [3.8, 4) is 44.5 Å². The first-order valence-corrected chi connectivity index (χ1v) is 19.0. The molecule has 12 rings (SSSR count). The van der Waals surface area contributed by atoms with Crippen molar-refractivity contribution in [2.75, 3.05) is 0 Å². The molecule has 0 bridgehead atoms. The molecule has 248 valence electrons. The molecule has 2 spiro atoms. The summed E-state index contributed by atoms with van der Waals surface area (Å²) in [6, 6.07) is 69.6. The predicted molar refractivity (Wildman–Crippen MR) is 218 cm³/mol. The lowest BCUT2D eigenvalue weighted by Crippen LogP contribution is -2.44. The van der Waals surface area contributed by atoms with E-state index < -0.39 is 10.8 Å². The monoisotopic (exact) mass is 672 g/mol. The fourth-order valence-corrected chi connectivity index (χ4v) is 11.6. The van der Waals surface area contributed by atoms with Crippen molar-refractivity contribution in [1.29, 1.82) is 0 Å². The van der Waals surface area contributed by atoms with E-state index in [4.69, 9.17) is 0 Å². The van der Waals surface area contributed by atoms with Crippen molar-refractivity contribution < 1.29 is 0 Å². The van der Waals surface area contributed by atoms with Crippen molar-refractivity contribution in [3.05, 3.63) is 238 Å². The third kappa shape index (κ3) is 3.27. The van der Waals surface area contributed by atoms with E-state index >= 15 is 0 Å². The normalized spacial score (nSPS) is 16.2. The zero-order valence-electron chi connectivity index (χ0n) is 29.8. The smallest absolute Gasteiger partial charge is 0.0619 e. The maximum absolute atomic E-state index is 2.47. The second kappa shape index (κ2) is 10.00. The van der Waals surface area contributed by atoms with E-state index in [0.717, 1.165) is 0 Å². The van der Waals surface area contributed by atoms with Crippen LogP contribution in [-0.2, 0) is 16.2 Å². The lowest BCUT2D eigenvalue weighted by Gasteiger charge is -2.50. The van der Waals surface area contributed by atoms with Gasteiger partial charge in [-0.15, -0.1) is 0 Å². The van der Waals surface area contributed by atoms with Gasteiger partial charge in [-0.05, 0) is 100 Å². The van der Waals surface area contributed by atoms with Crippen LogP contribution in [0.3, 0.4) is 0 Å². The molecular weight excluding hydrogens is 637 g/mol. The third-order valence-corrected chi connectivity index (χ3v) is 13.4. The maximum atomic E-state index is 2.47. The van der Waals surface area contributed by atoms with Gasteiger partial charge in [0.15, 0.2) is 0 Å². The van der Waals surface area contributed by atoms with Crippen LogP contribution in [0, 0.1) is 0 Å². The minimum atomic E-state index is -0.536. The summed E-state index contributed by atoms with van der Waals surface area (Å²) in [5.41, 5.74) is 23.3. The molecule has 0 atom stereocenters. The van der Waals surface area contributed by atoms with Gasteiger partial charge in [-0.2, -0.15) is 0 Å². The Balaban J connectivity index is 1.32. The van der Waals surface area contributed by atoms with Gasteiger partial charge in [0.05, 0.1) is 10.8 Å². The Morgan fingerprint density at radius 3 is 1.00 bits per heavy atom. The van der Waals surface area contributed by atoms with E-state index in [-0.39, 0.29) is 5.41 Å². The van der Waals surface area contributed by atoms with Gasteiger partial charge in [0.1, 0.15) is 0 Å². The Morgan fingerprint density at radius 2 is 0.509 bits per heavy atom. The summed E-state index contributed by atoms with van der Waals surface area (Å²) in [7, 11) is 0. The molecule has 4 aliphatic rings. The zero-order chi connectivity index (χ0) is 35.1. The molecule has 4 aliphatic carbocycles. The van der Waals surface area contributed by atoms with Gasteiger partial charge in [0.2, 0.25) is 0 Å². The molecule has 0 heteroatoms. The van der Waals surface area contributed by atoms with Crippen LogP contribution in [-0.4, -0.2) is 0 Å². The fraction of sp³-hybridized carbons (Fsp3) is 0.0943. The van der Waals surface area contributed by atoms with E-state index in [9.17, 15) is 0 Å². The minimum absolute atomic E-state index is 0.166. The molecule has 0 unspecified atom stereocenters. The van der Waals surface area contributed by atoms with Crippen LogP contribution in [0.4, 0.5) is 0 Å². The Kier molecular flexibility index (Phi) is 5.54. The molecule has 0 aliphatic heterocycles. The van der Waals surface area contributed by atoms with Crippen molar-refractivity contribution in [3.63, 3.8) is 0 Å². The Hall–Kier alpha value is -6.24. The molecule has 53 heavy (non-hydrogen) atoms. The highest BCUT2D eigenvalue weighted by Crippen LogP contribution is 2.69. The molecule has 0 radical (unpaired) electrons. The second-order valence-corrected chi connectivity index (χ2v) is 15.9.